The Kier molecular flexibility index (Phi) is 3.39. The minimum atomic E-state index is -0.934. The molecule has 0 spiro atoms. The van der Waals surface area contributed by atoms with Crippen molar-refractivity contribution in [3.8, 4) is 0 Å². The van der Waals surface area contributed by atoms with Gasteiger partial charge in [0.15, 0.2) is 0 Å². The van der Waals surface area contributed by atoms with Crippen molar-refractivity contribution in [3.63, 3.8) is 0 Å². The number of nitrogens with zero attached hydrogens (tertiary/aromatic N) is 1. The quantitative estimate of drug-likeness (QED) is 0.893. The molecule has 2 heterocycles. The largest absolute Gasteiger partial charge is 0.481 e. The lowest BCUT2D eigenvalue weighted by Crippen LogP contribution is -2.44. The average Bonchev–Trinajstić information content (AvgIpc) is 3.12. The SMILES string of the molecule is CN(C(=O)c1c[nH]c2ccccc12)C1COCC1C(=O)O. The van der Waals surface area contributed by atoms with Crippen molar-refractivity contribution >= 4 is 22.8 Å². The second kappa shape index (κ2) is 5.21. The molecule has 0 bridgehead atoms. The molecule has 1 fully saturated rings. The molecule has 6 nitrogen and oxygen atoms in total. The smallest absolute Gasteiger partial charge is 0.311 e. The summed E-state index contributed by atoms with van der Waals surface area (Å²) in [6, 6.07) is 7.08. The lowest BCUT2D eigenvalue weighted by Gasteiger charge is -2.26. The fraction of sp³-hybridized carbons (Fsp3) is 0.333. The number of nitrogens with one attached hydrogen (secondary N) is 1. The van der Waals surface area contributed by atoms with E-state index in [-0.39, 0.29) is 19.1 Å². The molecule has 2 atom stereocenters. The summed E-state index contributed by atoms with van der Waals surface area (Å²) in [4.78, 5) is 28.4. The third-order valence-electron chi connectivity index (χ3n) is 4.01. The molecule has 1 aromatic carbocycles. The predicted octanol–water partition coefficient (Wildman–Crippen LogP) is 1.34. The van der Waals surface area contributed by atoms with Gasteiger partial charge in [-0.25, -0.2) is 0 Å². The standard InChI is InChI=1S/C15H16N2O4/c1-17(13-8-21-7-11(13)15(19)20)14(18)10-6-16-12-5-3-2-4-9(10)12/h2-6,11,13,16H,7-8H2,1H3,(H,19,20). The Morgan fingerprint density at radius 2 is 2.10 bits per heavy atom. The number of carbonyl (C=O) groups is 2. The maximum absolute atomic E-state index is 12.6. The predicted molar refractivity (Wildman–Crippen MR) is 76.1 cm³/mol. The van der Waals surface area contributed by atoms with E-state index >= 15 is 0 Å². The molecule has 1 saturated heterocycles. The Labute approximate surface area is 121 Å². The molecule has 0 radical (unpaired) electrons. The first-order chi connectivity index (χ1) is 10.1. The number of benzene rings is 1. The lowest BCUT2D eigenvalue weighted by molar-refractivity contribution is -0.142. The van der Waals surface area contributed by atoms with Gasteiger partial charge in [0.2, 0.25) is 0 Å². The topological polar surface area (TPSA) is 82.6 Å². The van der Waals surface area contributed by atoms with E-state index in [2.05, 4.69) is 4.98 Å². The molecular formula is C15H16N2O4. The third-order valence-corrected chi connectivity index (χ3v) is 4.01. The van der Waals surface area contributed by atoms with Gasteiger partial charge in [0.25, 0.3) is 5.91 Å². The molecule has 2 unspecified atom stereocenters. The van der Waals surface area contributed by atoms with Gasteiger partial charge in [0.1, 0.15) is 5.92 Å². The zero-order valence-electron chi connectivity index (χ0n) is 11.6. The van der Waals surface area contributed by atoms with Gasteiger partial charge >= 0.3 is 5.97 Å². The van der Waals surface area contributed by atoms with Crippen LogP contribution in [0, 0.1) is 5.92 Å². The number of ether oxygens (including phenoxy) is 1. The van der Waals surface area contributed by atoms with Gasteiger partial charge in [-0.1, -0.05) is 18.2 Å². The molecule has 3 rings (SSSR count). The number of amides is 1. The monoisotopic (exact) mass is 288 g/mol. The first kappa shape index (κ1) is 13.6. The highest BCUT2D eigenvalue weighted by atomic mass is 16.5. The minimum absolute atomic E-state index is 0.144. The number of para-hydroxylation sites is 1. The van der Waals surface area contributed by atoms with Gasteiger partial charge in [-0.3, -0.25) is 9.59 Å². The highest BCUT2D eigenvalue weighted by molar-refractivity contribution is 6.06. The number of carbonyl (C=O) groups excluding carboxylic acids is 1. The van der Waals surface area contributed by atoms with E-state index in [9.17, 15) is 14.7 Å². The fourth-order valence-electron chi connectivity index (χ4n) is 2.75. The van der Waals surface area contributed by atoms with Crippen LogP contribution >= 0.6 is 0 Å². The maximum Gasteiger partial charge on any atom is 0.311 e. The van der Waals surface area contributed by atoms with Gasteiger partial charge in [-0.2, -0.15) is 0 Å². The number of carboxylic acids is 1. The molecule has 2 N–H and O–H groups in total. The van der Waals surface area contributed by atoms with Crippen LogP contribution in [0.3, 0.4) is 0 Å². The van der Waals surface area contributed by atoms with Crippen LogP contribution in [0.1, 0.15) is 10.4 Å². The first-order valence-electron chi connectivity index (χ1n) is 6.73. The van der Waals surface area contributed by atoms with E-state index in [1.807, 2.05) is 24.3 Å². The average molecular weight is 288 g/mol. The van der Waals surface area contributed by atoms with E-state index in [1.165, 1.54) is 4.90 Å². The number of aliphatic carboxylic acids is 1. The third kappa shape index (κ3) is 2.27. The Morgan fingerprint density at radius 1 is 1.33 bits per heavy atom. The van der Waals surface area contributed by atoms with Crippen molar-refractivity contribution in [1.29, 1.82) is 0 Å². The van der Waals surface area contributed by atoms with Crippen LogP contribution < -0.4 is 0 Å². The molecule has 1 aliphatic rings. The molecule has 6 heteroatoms. The number of fused-ring (bicyclic) bond motifs is 1. The van der Waals surface area contributed by atoms with Crippen molar-refractivity contribution in [3.05, 3.63) is 36.0 Å². The number of hydrogen-bond acceptors (Lipinski definition) is 3. The number of aromatic nitrogens is 1. The molecule has 1 aliphatic heterocycles. The Bertz CT molecular complexity index is 694. The minimum Gasteiger partial charge on any atom is -0.481 e. The number of hydrogen-bond donors (Lipinski definition) is 2. The van der Waals surface area contributed by atoms with E-state index in [1.54, 1.807) is 13.2 Å². The second-order valence-corrected chi connectivity index (χ2v) is 5.21. The highest BCUT2D eigenvalue weighted by Crippen LogP contribution is 2.24. The first-order valence-corrected chi connectivity index (χ1v) is 6.73. The van der Waals surface area contributed by atoms with Crippen LogP contribution in [-0.4, -0.2) is 53.2 Å². The molecule has 0 saturated carbocycles. The van der Waals surface area contributed by atoms with Crippen molar-refractivity contribution < 1.29 is 19.4 Å². The number of carboxylic acid groups (broad SMARTS) is 1. The van der Waals surface area contributed by atoms with Crippen molar-refractivity contribution in [2.24, 2.45) is 5.92 Å². The summed E-state index contributed by atoms with van der Waals surface area (Å²) < 4.78 is 5.22. The summed E-state index contributed by atoms with van der Waals surface area (Å²) in [5.41, 5.74) is 1.43. The molecule has 0 aliphatic carbocycles. The van der Waals surface area contributed by atoms with Crippen LogP contribution in [0.15, 0.2) is 30.5 Å². The molecule has 1 amide bonds. The van der Waals surface area contributed by atoms with E-state index < -0.39 is 17.9 Å². The summed E-state index contributed by atoms with van der Waals surface area (Å²) in [5, 5.41) is 10.0. The van der Waals surface area contributed by atoms with Crippen LogP contribution in [-0.2, 0) is 9.53 Å². The maximum atomic E-state index is 12.6. The summed E-state index contributed by atoms with van der Waals surface area (Å²) in [5.74, 6) is -1.81. The Balaban J connectivity index is 1.89. The summed E-state index contributed by atoms with van der Waals surface area (Å²) in [6.45, 7) is 0.396. The zero-order valence-corrected chi connectivity index (χ0v) is 11.6. The molecule has 21 heavy (non-hydrogen) atoms. The second-order valence-electron chi connectivity index (χ2n) is 5.21. The lowest BCUT2D eigenvalue weighted by atomic mass is 10.0. The molecular weight excluding hydrogens is 272 g/mol. The number of H-pyrrole nitrogens is 1. The van der Waals surface area contributed by atoms with Crippen molar-refractivity contribution in [2.45, 2.75) is 6.04 Å². The highest BCUT2D eigenvalue weighted by Gasteiger charge is 2.39. The summed E-state index contributed by atoms with van der Waals surface area (Å²) >= 11 is 0. The van der Waals surface area contributed by atoms with Crippen LogP contribution in [0.25, 0.3) is 10.9 Å². The van der Waals surface area contributed by atoms with E-state index in [4.69, 9.17) is 4.74 Å². The normalized spacial score (nSPS) is 21.6. The van der Waals surface area contributed by atoms with E-state index in [0.717, 1.165) is 10.9 Å². The number of aromatic amines is 1. The van der Waals surface area contributed by atoms with Gasteiger partial charge in [0, 0.05) is 24.1 Å². The Hall–Kier alpha value is -2.34. The Morgan fingerprint density at radius 3 is 2.86 bits per heavy atom. The van der Waals surface area contributed by atoms with Crippen molar-refractivity contribution in [2.75, 3.05) is 20.3 Å². The van der Waals surface area contributed by atoms with Gasteiger partial charge < -0.3 is 19.7 Å². The number of rotatable bonds is 3. The number of likely N-dealkylation sites (N-methyl/N-ethyl adjacent to an activating group) is 1. The molecule has 1 aromatic heterocycles. The summed E-state index contributed by atoms with van der Waals surface area (Å²) in [7, 11) is 1.62. The fourth-order valence-corrected chi connectivity index (χ4v) is 2.75. The van der Waals surface area contributed by atoms with Gasteiger partial charge in [0.05, 0.1) is 24.8 Å². The van der Waals surface area contributed by atoms with Gasteiger partial charge in [-0.05, 0) is 6.07 Å². The zero-order chi connectivity index (χ0) is 15.0. The van der Waals surface area contributed by atoms with Crippen LogP contribution in [0.4, 0.5) is 0 Å². The van der Waals surface area contributed by atoms with E-state index in [0.29, 0.717) is 5.56 Å². The van der Waals surface area contributed by atoms with Crippen LogP contribution in [0.5, 0.6) is 0 Å². The molecule has 110 valence electrons. The van der Waals surface area contributed by atoms with Gasteiger partial charge in [-0.15, -0.1) is 0 Å². The molecule has 2 aromatic rings. The summed E-state index contributed by atoms with van der Waals surface area (Å²) in [6.07, 6.45) is 1.66. The van der Waals surface area contributed by atoms with Crippen LogP contribution in [0.2, 0.25) is 0 Å². The van der Waals surface area contributed by atoms with Crippen molar-refractivity contribution in [1.82, 2.24) is 9.88 Å².